The molecule has 0 bridgehead atoms. The molecule has 0 radical (unpaired) electrons. The Bertz CT molecular complexity index is 466. The van der Waals surface area contributed by atoms with Crippen molar-refractivity contribution in [3.63, 3.8) is 0 Å². The molecule has 0 amide bonds. The van der Waals surface area contributed by atoms with Gasteiger partial charge in [0.1, 0.15) is 5.82 Å². The van der Waals surface area contributed by atoms with Crippen molar-refractivity contribution in [2.75, 3.05) is 18.0 Å². The summed E-state index contributed by atoms with van der Waals surface area (Å²) in [6, 6.07) is 3.39. The van der Waals surface area contributed by atoms with Crippen LogP contribution in [0.25, 0.3) is 0 Å². The zero-order valence-electron chi connectivity index (χ0n) is 12.4. The minimum Gasteiger partial charge on any atom is -0.478 e. The van der Waals surface area contributed by atoms with Gasteiger partial charge in [-0.25, -0.2) is 9.78 Å². The van der Waals surface area contributed by atoms with Gasteiger partial charge in [-0.1, -0.05) is 26.7 Å². The maximum atomic E-state index is 11.2. The molecule has 0 atom stereocenters. The fraction of sp³-hybridized carbons (Fsp3) is 0.625. The number of nitrogens with zero attached hydrogens (tertiary/aromatic N) is 2. The summed E-state index contributed by atoms with van der Waals surface area (Å²) in [6.45, 7) is 6.22. The van der Waals surface area contributed by atoms with Crippen molar-refractivity contribution in [2.45, 2.75) is 46.0 Å². The molecule has 0 unspecified atom stereocenters. The van der Waals surface area contributed by atoms with E-state index in [-0.39, 0.29) is 0 Å². The zero-order valence-corrected chi connectivity index (χ0v) is 12.4. The Kier molecular flexibility index (Phi) is 4.99. The molecule has 2 rings (SSSR count). The molecule has 110 valence electrons. The lowest BCUT2D eigenvalue weighted by Crippen LogP contribution is -2.34. The van der Waals surface area contributed by atoms with Gasteiger partial charge < -0.3 is 10.0 Å². The van der Waals surface area contributed by atoms with Crippen molar-refractivity contribution in [3.05, 3.63) is 23.4 Å². The highest BCUT2D eigenvalue weighted by Gasteiger charge is 2.20. The van der Waals surface area contributed by atoms with E-state index in [1.54, 1.807) is 12.1 Å². The van der Waals surface area contributed by atoms with Crippen LogP contribution in [-0.4, -0.2) is 29.1 Å². The van der Waals surface area contributed by atoms with Crippen LogP contribution in [0.15, 0.2) is 12.1 Å². The monoisotopic (exact) mass is 276 g/mol. The predicted octanol–water partition coefficient (Wildman–Crippen LogP) is 3.36. The third-order valence-corrected chi connectivity index (χ3v) is 4.11. The molecule has 1 fully saturated rings. The van der Waals surface area contributed by atoms with Gasteiger partial charge in [0.25, 0.3) is 0 Å². The third kappa shape index (κ3) is 3.50. The molecule has 1 aliphatic heterocycles. The Morgan fingerprint density at radius 1 is 1.35 bits per heavy atom. The highest BCUT2D eigenvalue weighted by atomic mass is 16.4. The number of aromatic nitrogens is 1. The molecule has 20 heavy (non-hydrogen) atoms. The first-order valence-electron chi connectivity index (χ1n) is 7.63. The van der Waals surface area contributed by atoms with Gasteiger partial charge in [-0.2, -0.15) is 0 Å². The first-order valence-corrected chi connectivity index (χ1v) is 7.63. The number of carbonyl (C=O) groups is 1. The molecular formula is C16H24N2O2. The van der Waals surface area contributed by atoms with E-state index in [4.69, 9.17) is 0 Å². The van der Waals surface area contributed by atoms with Crippen LogP contribution in [0, 0.1) is 5.92 Å². The van der Waals surface area contributed by atoms with Crippen LogP contribution in [-0.2, 0) is 6.42 Å². The van der Waals surface area contributed by atoms with Crippen molar-refractivity contribution in [1.29, 1.82) is 0 Å². The largest absolute Gasteiger partial charge is 0.478 e. The second kappa shape index (κ2) is 6.73. The lowest BCUT2D eigenvalue weighted by molar-refractivity contribution is 0.0696. The summed E-state index contributed by atoms with van der Waals surface area (Å²) in [4.78, 5) is 18.0. The minimum absolute atomic E-state index is 0.350. The zero-order chi connectivity index (χ0) is 14.5. The van der Waals surface area contributed by atoms with Gasteiger partial charge in [0, 0.05) is 18.8 Å². The molecule has 0 saturated carbocycles. The maximum absolute atomic E-state index is 11.2. The van der Waals surface area contributed by atoms with E-state index in [1.807, 2.05) is 6.92 Å². The molecule has 1 aromatic heterocycles. The normalized spacial score (nSPS) is 16.4. The van der Waals surface area contributed by atoms with Gasteiger partial charge in [-0.3, -0.25) is 0 Å². The number of aryl methyl sites for hydroxylation is 1. The first-order chi connectivity index (χ1) is 9.63. The summed E-state index contributed by atoms with van der Waals surface area (Å²) >= 11 is 0. The second-order valence-electron chi connectivity index (χ2n) is 5.58. The van der Waals surface area contributed by atoms with E-state index >= 15 is 0 Å². The SMILES string of the molecule is CCCC1CCN(c2cc(C(=O)O)cc(CC)n2)CC1. The maximum Gasteiger partial charge on any atom is 0.335 e. The third-order valence-electron chi connectivity index (χ3n) is 4.11. The van der Waals surface area contributed by atoms with Gasteiger partial charge in [-0.05, 0) is 37.3 Å². The van der Waals surface area contributed by atoms with Crippen molar-refractivity contribution < 1.29 is 9.90 Å². The molecule has 1 saturated heterocycles. The number of aromatic carboxylic acids is 1. The Morgan fingerprint density at radius 3 is 2.60 bits per heavy atom. The Hall–Kier alpha value is -1.58. The lowest BCUT2D eigenvalue weighted by Gasteiger charge is -2.33. The summed E-state index contributed by atoms with van der Waals surface area (Å²) in [5.41, 5.74) is 1.21. The number of pyridine rings is 1. The Morgan fingerprint density at radius 2 is 2.05 bits per heavy atom. The smallest absolute Gasteiger partial charge is 0.335 e. The van der Waals surface area contributed by atoms with Crippen LogP contribution in [0.1, 0.15) is 55.6 Å². The molecule has 1 aromatic rings. The number of carboxylic acids is 1. The van der Waals surface area contributed by atoms with Crippen molar-refractivity contribution >= 4 is 11.8 Å². The summed E-state index contributed by atoms with van der Waals surface area (Å²) in [7, 11) is 0. The molecule has 2 heterocycles. The minimum atomic E-state index is -0.871. The Balaban J connectivity index is 2.12. The lowest BCUT2D eigenvalue weighted by atomic mass is 9.92. The van der Waals surface area contributed by atoms with E-state index in [0.29, 0.717) is 5.56 Å². The molecule has 4 heteroatoms. The summed E-state index contributed by atoms with van der Waals surface area (Å²) < 4.78 is 0. The number of hydrogen-bond acceptors (Lipinski definition) is 3. The van der Waals surface area contributed by atoms with Crippen LogP contribution < -0.4 is 4.90 Å². The topological polar surface area (TPSA) is 53.4 Å². The highest BCUT2D eigenvalue weighted by molar-refractivity contribution is 5.88. The Labute approximate surface area is 120 Å². The van der Waals surface area contributed by atoms with Crippen LogP contribution in [0.5, 0.6) is 0 Å². The van der Waals surface area contributed by atoms with E-state index in [0.717, 1.165) is 36.9 Å². The summed E-state index contributed by atoms with van der Waals surface area (Å²) in [5.74, 6) is 0.783. The van der Waals surface area contributed by atoms with Gasteiger partial charge in [0.05, 0.1) is 5.56 Å². The number of piperidine rings is 1. The predicted molar refractivity (Wildman–Crippen MR) is 80.4 cm³/mol. The van der Waals surface area contributed by atoms with E-state index in [2.05, 4.69) is 16.8 Å². The molecule has 0 spiro atoms. The highest BCUT2D eigenvalue weighted by Crippen LogP contribution is 2.25. The van der Waals surface area contributed by atoms with Gasteiger partial charge >= 0.3 is 5.97 Å². The van der Waals surface area contributed by atoms with Gasteiger partial charge in [0.2, 0.25) is 0 Å². The standard InChI is InChI=1S/C16H24N2O2/c1-3-5-12-6-8-18(9-7-12)15-11-13(16(19)20)10-14(4-2)17-15/h10-12H,3-9H2,1-2H3,(H,19,20). The van der Waals surface area contributed by atoms with Crippen LogP contribution in [0.2, 0.25) is 0 Å². The molecule has 4 nitrogen and oxygen atoms in total. The fourth-order valence-electron chi connectivity index (χ4n) is 2.90. The molecular weight excluding hydrogens is 252 g/mol. The average Bonchev–Trinajstić information content (AvgIpc) is 2.47. The average molecular weight is 276 g/mol. The summed E-state index contributed by atoms with van der Waals surface area (Å²) in [6.07, 6.45) is 5.69. The number of anilines is 1. The molecule has 0 aromatic carbocycles. The van der Waals surface area contributed by atoms with Crippen molar-refractivity contribution in [3.8, 4) is 0 Å². The first kappa shape index (κ1) is 14.8. The number of hydrogen-bond donors (Lipinski definition) is 1. The molecule has 0 aliphatic carbocycles. The summed E-state index contributed by atoms with van der Waals surface area (Å²) in [5, 5.41) is 9.19. The molecule has 1 aliphatic rings. The van der Waals surface area contributed by atoms with Crippen LogP contribution in [0.3, 0.4) is 0 Å². The van der Waals surface area contributed by atoms with E-state index in [9.17, 15) is 9.90 Å². The van der Waals surface area contributed by atoms with Crippen molar-refractivity contribution in [2.24, 2.45) is 5.92 Å². The van der Waals surface area contributed by atoms with E-state index < -0.39 is 5.97 Å². The number of carboxylic acid groups (broad SMARTS) is 1. The quantitative estimate of drug-likeness (QED) is 0.896. The van der Waals surface area contributed by atoms with Crippen LogP contribution in [0.4, 0.5) is 5.82 Å². The second-order valence-corrected chi connectivity index (χ2v) is 5.58. The van der Waals surface area contributed by atoms with Crippen molar-refractivity contribution in [1.82, 2.24) is 4.98 Å². The van der Waals surface area contributed by atoms with E-state index in [1.165, 1.54) is 25.7 Å². The van der Waals surface area contributed by atoms with Gasteiger partial charge in [-0.15, -0.1) is 0 Å². The molecule has 1 N–H and O–H groups in total. The van der Waals surface area contributed by atoms with Crippen LogP contribution >= 0.6 is 0 Å². The van der Waals surface area contributed by atoms with Gasteiger partial charge in [0.15, 0.2) is 0 Å². The number of rotatable bonds is 5. The fourth-order valence-corrected chi connectivity index (χ4v) is 2.90.